The van der Waals surface area contributed by atoms with E-state index in [1.165, 1.54) is 41.2 Å². The van der Waals surface area contributed by atoms with Crippen LogP contribution in [0.3, 0.4) is 0 Å². The summed E-state index contributed by atoms with van der Waals surface area (Å²) in [7, 11) is -1.03. The van der Waals surface area contributed by atoms with Gasteiger partial charge in [-0.05, 0) is 49.4 Å². The molecule has 0 radical (unpaired) electrons. The maximum Gasteiger partial charge on any atom is 0.261 e. The van der Waals surface area contributed by atoms with Crippen molar-refractivity contribution in [1.82, 2.24) is 13.9 Å². The summed E-state index contributed by atoms with van der Waals surface area (Å²) in [4.78, 5) is 17.3. The third kappa shape index (κ3) is 4.24. The first-order chi connectivity index (χ1) is 14.2. The number of ether oxygens (including phenoxy) is 1. The molecule has 1 unspecified atom stereocenters. The van der Waals surface area contributed by atoms with Gasteiger partial charge in [0.1, 0.15) is 11.6 Å². The van der Waals surface area contributed by atoms with E-state index in [1.54, 1.807) is 19.1 Å². The molecular weight excluding hydrogens is 433 g/mol. The molecule has 0 amide bonds. The van der Waals surface area contributed by atoms with Gasteiger partial charge in [0.2, 0.25) is 10.0 Å². The minimum atomic E-state index is -4.02. The molecule has 0 aliphatic carbocycles. The Morgan fingerprint density at radius 1 is 1.23 bits per heavy atom. The van der Waals surface area contributed by atoms with E-state index >= 15 is 0 Å². The van der Waals surface area contributed by atoms with Gasteiger partial charge in [-0.1, -0.05) is 11.6 Å². The first-order valence-electron chi connectivity index (χ1n) is 9.09. The summed E-state index contributed by atoms with van der Waals surface area (Å²) in [5.41, 5.74) is 0.0745. The van der Waals surface area contributed by atoms with Gasteiger partial charge in [0.25, 0.3) is 5.56 Å². The van der Waals surface area contributed by atoms with Crippen LogP contribution in [0.15, 0.2) is 52.2 Å². The molecule has 0 saturated carbocycles. The van der Waals surface area contributed by atoms with Crippen LogP contribution in [-0.2, 0) is 21.8 Å². The number of halogens is 2. The molecule has 1 aromatic heterocycles. The third-order valence-corrected chi connectivity index (χ3v) is 7.03. The normalized spacial score (nSPS) is 13.1. The van der Waals surface area contributed by atoms with E-state index in [-0.39, 0.29) is 29.4 Å². The number of hydrogen-bond acceptors (Lipinski definition) is 5. The second-order valence-corrected chi connectivity index (χ2v) is 9.06. The van der Waals surface area contributed by atoms with Crippen LogP contribution in [0.4, 0.5) is 4.39 Å². The van der Waals surface area contributed by atoms with Crippen LogP contribution in [0.1, 0.15) is 18.8 Å². The summed E-state index contributed by atoms with van der Waals surface area (Å²) in [5.74, 6) is -0.278. The van der Waals surface area contributed by atoms with Crippen molar-refractivity contribution in [3.05, 3.63) is 69.5 Å². The Bertz CT molecular complexity index is 1230. The smallest absolute Gasteiger partial charge is 0.261 e. The van der Waals surface area contributed by atoms with Crippen LogP contribution in [0, 0.1) is 5.82 Å². The van der Waals surface area contributed by atoms with Gasteiger partial charge in [-0.2, -0.15) is 4.31 Å². The van der Waals surface area contributed by atoms with E-state index in [1.807, 2.05) is 0 Å². The van der Waals surface area contributed by atoms with E-state index in [0.29, 0.717) is 15.9 Å². The van der Waals surface area contributed by atoms with Crippen molar-refractivity contribution < 1.29 is 17.5 Å². The molecule has 0 saturated heterocycles. The predicted octanol–water partition coefficient (Wildman–Crippen LogP) is 3.12. The van der Waals surface area contributed by atoms with Crippen LogP contribution in [0.2, 0.25) is 5.02 Å². The lowest BCUT2D eigenvalue weighted by Crippen LogP contribution is -2.39. The lowest BCUT2D eigenvalue weighted by molar-refractivity contribution is 0.166. The fourth-order valence-electron chi connectivity index (χ4n) is 3.21. The lowest BCUT2D eigenvalue weighted by atomic mass is 10.2. The maximum atomic E-state index is 13.3. The SMILES string of the molecule is COCCN(C(C)c1nc2ccc(Cl)cc2c(=O)n1C)S(=O)(=O)c1ccc(F)cc1. The molecule has 0 N–H and O–H groups in total. The Morgan fingerprint density at radius 2 is 1.90 bits per heavy atom. The van der Waals surface area contributed by atoms with Crippen LogP contribution in [0.25, 0.3) is 10.9 Å². The van der Waals surface area contributed by atoms with E-state index in [4.69, 9.17) is 16.3 Å². The Kier molecular flexibility index (Phi) is 6.56. The van der Waals surface area contributed by atoms with Gasteiger partial charge in [-0.15, -0.1) is 0 Å². The van der Waals surface area contributed by atoms with Crippen LogP contribution >= 0.6 is 11.6 Å². The van der Waals surface area contributed by atoms with Crippen LogP contribution in [-0.4, -0.2) is 42.5 Å². The van der Waals surface area contributed by atoms with Gasteiger partial charge in [0.15, 0.2) is 0 Å². The van der Waals surface area contributed by atoms with Gasteiger partial charge < -0.3 is 4.74 Å². The summed E-state index contributed by atoms with van der Waals surface area (Å²) in [6.45, 7) is 1.79. The first kappa shape index (κ1) is 22.4. The number of nitrogens with zero attached hydrogens (tertiary/aromatic N) is 3. The molecule has 0 bridgehead atoms. The number of fused-ring (bicyclic) bond motifs is 1. The topological polar surface area (TPSA) is 81.5 Å². The Labute approximate surface area is 178 Å². The van der Waals surface area contributed by atoms with Crippen LogP contribution < -0.4 is 5.56 Å². The number of sulfonamides is 1. The van der Waals surface area contributed by atoms with Crippen LogP contribution in [0.5, 0.6) is 0 Å². The minimum absolute atomic E-state index is 0.0197. The molecule has 3 aromatic rings. The molecule has 0 spiro atoms. The Morgan fingerprint density at radius 3 is 2.53 bits per heavy atom. The number of benzene rings is 2. The zero-order chi connectivity index (χ0) is 22.1. The molecule has 30 heavy (non-hydrogen) atoms. The van der Waals surface area contributed by atoms with E-state index in [2.05, 4.69) is 4.98 Å². The van der Waals surface area contributed by atoms with Crippen molar-refractivity contribution in [2.75, 3.05) is 20.3 Å². The standard InChI is InChI=1S/C20H21ClFN3O4S/c1-13(19-23-18-9-4-14(21)12-17(18)20(26)24(19)2)25(10-11-29-3)30(27,28)16-7-5-15(22)6-8-16/h4-9,12-13H,10-11H2,1-3H3. The van der Waals surface area contributed by atoms with E-state index in [0.717, 1.165) is 12.1 Å². The fourth-order valence-corrected chi connectivity index (χ4v) is 4.96. The highest BCUT2D eigenvalue weighted by molar-refractivity contribution is 7.89. The average molecular weight is 454 g/mol. The maximum absolute atomic E-state index is 13.3. The third-order valence-electron chi connectivity index (χ3n) is 4.81. The van der Waals surface area contributed by atoms with Crippen molar-refractivity contribution >= 4 is 32.5 Å². The monoisotopic (exact) mass is 453 g/mol. The first-order valence-corrected chi connectivity index (χ1v) is 10.9. The highest BCUT2D eigenvalue weighted by Crippen LogP contribution is 2.27. The Balaban J connectivity index is 2.13. The molecule has 2 aromatic carbocycles. The predicted molar refractivity (Wildman–Crippen MR) is 113 cm³/mol. The molecule has 0 fully saturated rings. The van der Waals surface area contributed by atoms with E-state index < -0.39 is 21.9 Å². The average Bonchev–Trinajstić information content (AvgIpc) is 2.71. The zero-order valence-corrected chi connectivity index (χ0v) is 18.2. The fraction of sp³-hybridized carbons (Fsp3) is 0.300. The summed E-state index contributed by atoms with van der Waals surface area (Å²) in [6.07, 6.45) is 0. The number of aromatic nitrogens is 2. The van der Waals surface area contributed by atoms with Gasteiger partial charge in [0, 0.05) is 25.7 Å². The molecule has 7 nitrogen and oxygen atoms in total. The number of hydrogen-bond donors (Lipinski definition) is 0. The van der Waals surface area contributed by atoms with E-state index in [9.17, 15) is 17.6 Å². The lowest BCUT2D eigenvalue weighted by Gasteiger charge is -2.29. The van der Waals surface area contributed by atoms with Crippen molar-refractivity contribution in [1.29, 1.82) is 0 Å². The molecule has 3 rings (SSSR count). The van der Waals surface area contributed by atoms with Crippen molar-refractivity contribution in [3.8, 4) is 0 Å². The summed E-state index contributed by atoms with van der Waals surface area (Å²) < 4.78 is 47.4. The van der Waals surface area contributed by atoms with Gasteiger partial charge >= 0.3 is 0 Å². The highest BCUT2D eigenvalue weighted by atomic mass is 35.5. The quantitative estimate of drug-likeness (QED) is 0.549. The van der Waals surface area contributed by atoms with Crippen molar-refractivity contribution in [3.63, 3.8) is 0 Å². The Hall–Kier alpha value is -2.33. The van der Waals surface area contributed by atoms with Crippen molar-refractivity contribution in [2.24, 2.45) is 7.05 Å². The minimum Gasteiger partial charge on any atom is -0.383 e. The molecule has 0 aliphatic heterocycles. The largest absolute Gasteiger partial charge is 0.383 e. The summed E-state index contributed by atoms with van der Waals surface area (Å²) in [6, 6.07) is 8.52. The van der Waals surface area contributed by atoms with Crippen molar-refractivity contribution in [2.45, 2.75) is 17.9 Å². The zero-order valence-electron chi connectivity index (χ0n) is 16.7. The molecule has 1 atom stereocenters. The summed E-state index contributed by atoms with van der Waals surface area (Å²) >= 11 is 5.99. The van der Waals surface area contributed by atoms with Gasteiger partial charge in [-0.25, -0.2) is 17.8 Å². The molecule has 0 aliphatic rings. The number of rotatable bonds is 7. The second kappa shape index (κ2) is 8.81. The summed E-state index contributed by atoms with van der Waals surface area (Å²) in [5, 5.41) is 0.744. The van der Waals surface area contributed by atoms with Gasteiger partial charge in [0.05, 0.1) is 28.4 Å². The molecule has 1 heterocycles. The second-order valence-electron chi connectivity index (χ2n) is 6.73. The molecular formula is C20H21ClFN3O4S. The van der Waals surface area contributed by atoms with Gasteiger partial charge in [-0.3, -0.25) is 9.36 Å². The molecule has 10 heteroatoms. The highest BCUT2D eigenvalue weighted by Gasteiger charge is 2.32. The number of methoxy groups -OCH3 is 1. The molecule has 160 valence electrons.